The molecule has 0 radical (unpaired) electrons. The lowest BCUT2D eigenvalue weighted by atomic mass is 10.3. The SMILES string of the molecule is CC/C(C)=N/[S+]([O-])C(C)(C)C. The monoisotopic (exact) mass is 175 g/mol. The Morgan fingerprint density at radius 1 is 1.45 bits per heavy atom. The van der Waals surface area contributed by atoms with E-state index in [4.69, 9.17) is 0 Å². The molecule has 0 aromatic carbocycles. The summed E-state index contributed by atoms with van der Waals surface area (Å²) in [4.78, 5) is 0. The highest BCUT2D eigenvalue weighted by molar-refractivity contribution is 7.91. The fourth-order valence-corrected chi connectivity index (χ4v) is 1.03. The Bertz CT molecular complexity index is 149. The maximum absolute atomic E-state index is 11.4. The number of hydrogen-bond acceptors (Lipinski definition) is 2. The van der Waals surface area contributed by atoms with Crippen LogP contribution in [-0.4, -0.2) is 15.0 Å². The molecule has 0 aromatic heterocycles. The summed E-state index contributed by atoms with van der Waals surface area (Å²) >= 11 is -1.08. The Morgan fingerprint density at radius 2 is 1.91 bits per heavy atom. The summed E-state index contributed by atoms with van der Waals surface area (Å²) in [6.07, 6.45) is 0.877. The van der Waals surface area contributed by atoms with Crippen LogP contribution in [-0.2, 0) is 11.4 Å². The molecule has 0 aliphatic heterocycles. The third kappa shape index (κ3) is 4.43. The molecule has 0 amide bonds. The van der Waals surface area contributed by atoms with Crippen LogP contribution in [0, 0.1) is 0 Å². The van der Waals surface area contributed by atoms with Gasteiger partial charge in [-0.15, -0.1) is 0 Å². The van der Waals surface area contributed by atoms with Crippen molar-refractivity contribution >= 4 is 17.1 Å². The first kappa shape index (κ1) is 11.0. The maximum Gasteiger partial charge on any atom is 0.144 e. The lowest BCUT2D eigenvalue weighted by Gasteiger charge is -2.18. The summed E-state index contributed by atoms with van der Waals surface area (Å²) in [5, 5.41) is 0. The predicted molar refractivity (Wildman–Crippen MR) is 51.3 cm³/mol. The highest BCUT2D eigenvalue weighted by Crippen LogP contribution is 2.17. The van der Waals surface area contributed by atoms with Crippen LogP contribution >= 0.6 is 0 Å². The molecule has 3 heteroatoms. The molecule has 0 saturated carbocycles. The molecule has 0 N–H and O–H groups in total. The van der Waals surface area contributed by atoms with Gasteiger partial charge < -0.3 is 4.55 Å². The first-order valence-corrected chi connectivity index (χ1v) is 4.94. The van der Waals surface area contributed by atoms with Crippen LogP contribution in [0.1, 0.15) is 41.0 Å². The van der Waals surface area contributed by atoms with Crippen LogP contribution in [0.4, 0.5) is 0 Å². The van der Waals surface area contributed by atoms with E-state index in [0.29, 0.717) is 0 Å². The van der Waals surface area contributed by atoms with Crippen molar-refractivity contribution in [3.05, 3.63) is 0 Å². The zero-order valence-corrected chi connectivity index (χ0v) is 8.79. The van der Waals surface area contributed by atoms with E-state index in [0.717, 1.165) is 12.1 Å². The van der Waals surface area contributed by atoms with E-state index < -0.39 is 11.4 Å². The molecule has 0 bridgehead atoms. The second-order valence-corrected chi connectivity index (χ2v) is 5.45. The highest BCUT2D eigenvalue weighted by Gasteiger charge is 2.26. The third-order valence-electron chi connectivity index (χ3n) is 1.27. The van der Waals surface area contributed by atoms with Crippen molar-refractivity contribution in [1.82, 2.24) is 0 Å². The Kier molecular flexibility index (Phi) is 4.11. The van der Waals surface area contributed by atoms with E-state index in [2.05, 4.69) is 4.40 Å². The summed E-state index contributed by atoms with van der Waals surface area (Å²) in [6.45, 7) is 9.70. The molecule has 1 atom stereocenters. The van der Waals surface area contributed by atoms with Crippen molar-refractivity contribution < 1.29 is 4.55 Å². The van der Waals surface area contributed by atoms with Gasteiger partial charge in [0.2, 0.25) is 0 Å². The van der Waals surface area contributed by atoms with E-state index in [1.54, 1.807) is 0 Å². The van der Waals surface area contributed by atoms with E-state index in [1.807, 2.05) is 34.6 Å². The van der Waals surface area contributed by atoms with Gasteiger partial charge in [-0.2, -0.15) is 0 Å². The van der Waals surface area contributed by atoms with Crippen molar-refractivity contribution in [2.45, 2.75) is 45.8 Å². The standard InChI is InChI=1S/C8H17NOS/c1-6-7(2)9-11(10)8(3,4)5/h6H2,1-5H3/b9-7+. The van der Waals surface area contributed by atoms with Crippen LogP contribution in [0.15, 0.2) is 4.40 Å². The predicted octanol–water partition coefficient (Wildman–Crippen LogP) is 2.32. The summed E-state index contributed by atoms with van der Waals surface area (Å²) in [6, 6.07) is 0. The first-order chi connectivity index (χ1) is 4.88. The molecule has 0 rings (SSSR count). The number of nitrogens with zero attached hydrogens (tertiary/aromatic N) is 1. The molecule has 11 heavy (non-hydrogen) atoms. The van der Waals surface area contributed by atoms with Crippen LogP contribution in [0.25, 0.3) is 0 Å². The van der Waals surface area contributed by atoms with Gasteiger partial charge in [0.15, 0.2) is 0 Å². The van der Waals surface area contributed by atoms with Crippen molar-refractivity contribution in [3.8, 4) is 0 Å². The Hall–Kier alpha value is -0.0200. The minimum atomic E-state index is -1.08. The number of rotatable bonds is 2. The van der Waals surface area contributed by atoms with Crippen molar-refractivity contribution in [3.63, 3.8) is 0 Å². The van der Waals surface area contributed by atoms with Gasteiger partial charge in [-0.25, -0.2) is 0 Å². The van der Waals surface area contributed by atoms with Gasteiger partial charge >= 0.3 is 0 Å². The Morgan fingerprint density at radius 3 is 2.18 bits per heavy atom. The molecular weight excluding hydrogens is 158 g/mol. The molecule has 0 saturated heterocycles. The van der Waals surface area contributed by atoms with Crippen molar-refractivity contribution in [2.24, 2.45) is 4.40 Å². The van der Waals surface area contributed by atoms with Crippen LogP contribution in [0.5, 0.6) is 0 Å². The summed E-state index contributed by atoms with van der Waals surface area (Å²) in [7, 11) is 0. The van der Waals surface area contributed by atoms with E-state index in [-0.39, 0.29) is 4.75 Å². The molecule has 66 valence electrons. The van der Waals surface area contributed by atoms with Crippen molar-refractivity contribution in [2.75, 3.05) is 0 Å². The molecule has 0 aliphatic carbocycles. The fourth-order valence-electron chi connectivity index (χ4n) is 0.343. The second-order valence-electron chi connectivity index (χ2n) is 3.54. The summed E-state index contributed by atoms with van der Waals surface area (Å²) in [5.74, 6) is 0. The number of hydrogen-bond donors (Lipinski definition) is 0. The fraction of sp³-hybridized carbons (Fsp3) is 0.875. The minimum absolute atomic E-state index is 0.226. The van der Waals surface area contributed by atoms with Crippen LogP contribution in [0.2, 0.25) is 0 Å². The first-order valence-electron chi connectivity index (χ1n) is 3.84. The lowest BCUT2D eigenvalue weighted by Crippen LogP contribution is -2.26. The third-order valence-corrected chi connectivity index (χ3v) is 2.80. The zero-order chi connectivity index (χ0) is 9.07. The van der Waals surface area contributed by atoms with Crippen LogP contribution in [0.3, 0.4) is 0 Å². The molecule has 0 spiro atoms. The quantitative estimate of drug-likeness (QED) is 0.468. The average Bonchev–Trinajstić information content (AvgIpc) is 1.85. The molecule has 0 fully saturated rings. The molecule has 0 heterocycles. The van der Waals surface area contributed by atoms with Gasteiger partial charge in [-0.3, -0.25) is 0 Å². The van der Waals surface area contributed by atoms with Crippen LogP contribution < -0.4 is 0 Å². The Balaban J connectivity index is 4.17. The van der Waals surface area contributed by atoms with Gasteiger partial charge in [0.25, 0.3) is 0 Å². The van der Waals surface area contributed by atoms with Crippen molar-refractivity contribution in [1.29, 1.82) is 0 Å². The minimum Gasteiger partial charge on any atom is -0.591 e. The average molecular weight is 175 g/mol. The van der Waals surface area contributed by atoms with Gasteiger partial charge in [0, 0.05) is 0 Å². The van der Waals surface area contributed by atoms with Gasteiger partial charge in [-0.1, -0.05) is 11.3 Å². The lowest BCUT2D eigenvalue weighted by molar-refractivity contribution is 0.561. The molecule has 0 aromatic rings. The molecular formula is C8H17NOS. The smallest absolute Gasteiger partial charge is 0.144 e. The summed E-state index contributed by atoms with van der Waals surface area (Å²) in [5.41, 5.74) is 0.957. The molecule has 0 aliphatic rings. The van der Waals surface area contributed by atoms with E-state index in [1.165, 1.54) is 0 Å². The van der Waals surface area contributed by atoms with E-state index in [9.17, 15) is 4.55 Å². The molecule has 1 unspecified atom stereocenters. The highest BCUT2D eigenvalue weighted by atomic mass is 32.2. The topological polar surface area (TPSA) is 35.4 Å². The maximum atomic E-state index is 11.4. The zero-order valence-electron chi connectivity index (χ0n) is 7.97. The second kappa shape index (κ2) is 4.12. The summed E-state index contributed by atoms with van der Waals surface area (Å²) < 4.78 is 15.2. The molecule has 2 nitrogen and oxygen atoms in total. The largest absolute Gasteiger partial charge is 0.591 e. The Labute approximate surface area is 72.4 Å². The van der Waals surface area contributed by atoms with Gasteiger partial charge in [0.1, 0.15) is 16.1 Å². The van der Waals surface area contributed by atoms with Gasteiger partial charge in [-0.05, 0) is 34.1 Å². The van der Waals surface area contributed by atoms with E-state index >= 15 is 0 Å². The normalized spacial score (nSPS) is 16.7. The van der Waals surface area contributed by atoms with Gasteiger partial charge in [0.05, 0.1) is 5.71 Å².